The Morgan fingerprint density at radius 3 is 2.79 bits per heavy atom. The van der Waals surface area contributed by atoms with Crippen LogP contribution in [0.25, 0.3) is 6.08 Å². The quantitative estimate of drug-likeness (QED) is 0.644. The molecule has 0 unspecified atom stereocenters. The van der Waals surface area contributed by atoms with E-state index in [2.05, 4.69) is 10.3 Å². The van der Waals surface area contributed by atoms with Crippen molar-refractivity contribution in [1.29, 1.82) is 0 Å². The summed E-state index contributed by atoms with van der Waals surface area (Å²) < 4.78 is 16.3. The minimum atomic E-state index is -0.881. The number of hydrogen-bond donors (Lipinski definition) is 1. The molecule has 3 rings (SSSR count). The smallest absolute Gasteiger partial charge is 0.407 e. The molecule has 4 bridgehead atoms. The van der Waals surface area contributed by atoms with Crippen LogP contribution in [0.4, 0.5) is 4.79 Å². The molecule has 2 amide bonds. The molecule has 180 valence electrons. The van der Waals surface area contributed by atoms with Crippen LogP contribution in [-0.4, -0.2) is 66.3 Å². The van der Waals surface area contributed by atoms with Crippen LogP contribution in [0, 0.1) is 5.41 Å². The summed E-state index contributed by atoms with van der Waals surface area (Å²) in [5.74, 6) is -0.883. The molecule has 3 heterocycles. The van der Waals surface area contributed by atoms with E-state index in [0.29, 0.717) is 19.3 Å². The monoisotopic (exact) mass is 459 g/mol. The van der Waals surface area contributed by atoms with Gasteiger partial charge in [0.15, 0.2) is 0 Å². The number of aromatic nitrogens is 1. The summed E-state index contributed by atoms with van der Waals surface area (Å²) in [6, 6.07) is 4.02. The number of methoxy groups -OCH3 is 1. The van der Waals surface area contributed by atoms with E-state index in [4.69, 9.17) is 14.2 Å². The minimum absolute atomic E-state index is 0.210. The van der Waals surface area contributed by atoms with Crippen molar-refractivity contribution in [3.63, 3.8) is 0 Å². The fraction of sp³-hybridized carbons (Fsp3) is 0.583. The van der Waals surface area contributed by atoms with Crippen LogP contribution in [0.3, 0.4) is 0 Å². The van der Waals surface area contributed by atoms with Gasteiger partial charge in [-0.3, -0.25) is 9.78 Å². The number of alkyl carbamates (subject to hydrolysis) is 1. The van der Waals surface area contributed by atoms with Crippen molar-refractivity contribution in [2.75, 3.05) is 20.3 Å². The van der Waals surface area contributed by atoms with Gasteiger partial charge in [0, 0.05) is 13.0 Å². The van der Waals surface area contributed by atoms with Crippen molar-refractivity contribution in [2.45, 2.75) is 64.8 Å². The van der Waals surface area contributed by atoms with Crippen molar-refractivity contribution in [1.82, 2.24) is 15.2 Å². The highest BCUT2D eigenvalue weighted by molar-refractivity contribution is 5.91. The number of nitrogens with one attached hydrogen (secondary N) is 1. The number of nitrogens with zero attached hydrogens (tertiary/aromatic N) is 2. The predicted octanol–water partition coefficient (Wildman–Crippen LogP) is 2.69. The van der Waals surface area contributed by atoms with E-state index in [1.165, 1.54) is 12.0 Å². The Bertz CT molecular complexity index is 894. The van der Waals surface area contributed by atoms with Gasteiger partial charge in [-0.05, 0) is 36.5 Å². The van der Waals surface area contributed by atoms with Gasteiger partial charge in [-0.1, -0.05) is 32.9 Å². The lowest BCUT2D eigenvalue weighted by molar-refractivity contribution is -0.152. The standard InChI is InChI=1S/C24H33N3O6/c1-24(2,3)20-21(28)27-14-18(13-19(27)22(29)31-4)33-15-17-11-8-10-16(25-17)9-6-5-7-12-32-23(30)26-20/h6,8-11,18-20H,5,7,12-15H2,1-4H3,(H,26,30)/b9-6-/t18-,19+,20-/m1/s1. The van der Waals surface area contributed by atoms with Gasteiger partial charge in [0.1, 0.15) is 12.1 Å². The molecule has 1 aromatic heterocycles. The molecule has 2 aliphatic heterocycles. The lowest BCUT2D eigenvalue weighted by atomic mass is 9.85. The summed E-state index contributed by atoms with van der Waals surface area (Å²) in [4.78, 5) is 44.5. The molecule has 0 aliphatic carbocycles. The summed E-state index contributed by atoms with van der Waals surface area (Å²) in [6.07, 6.45) is 4.53. The third-order valence-electron chi connectivity index (χ3n) is 5.73. The maximum atomic E-state index is 13.5. The molecule has 3 atom stereocenters. The Balaban J connectivity index is 1.88. The lowest BCUT2D eigenvalue weighted by Crippen LogP contribution is -2.57. The summed E-state index contributed by atoms with van der Waals surface area (Å²) in [5.41, 5.74) is 0.962. The van der Waals surface area contributed by atoms with Crippen LogP contribution in [0.15, 0.2) is 24.3 Å². The second-order valence-corrected chi connectivity index (χ2v) is 9.38. The summed E-state index contributed by atoms with van der Waals surface area (Å²) >= 11 is 0. The van der Waals surface area contributed by atoms with E-state index in [9.17, 15) is 14.4 Å². The molecule has 9 heteroatoms. The first kappa shape index (κ1) is 24.7. The number of esters is 1. The minimum Gasteiger partial charge on any atom is -0.467 e. The number of amides is 2. The molecular weight excluding hydrogens is 426 g/mol. The average molecular weight is 460 g/mol. The van der Waals surface area contributed by atoms with Gasteiger partial charge in [-0.2, -0.15) is 0 Å². The average Bonchev–Trinajstić information content (AvgIpc) is 3.21. The van der Waals surface area contributed by atoms with Gasteiger partial charge in [-0.15, -0.1) is 0 Å². The van der Waals surface area contributed by atoms with Crippen molar-refractivity contribution in [3.05, 3.63) is 35.7 Å². The van der Waals surface area contributed by atoms with E-state index < -0.39 is 29.6 Å². The first-order valence-electron chi connectivity index (χ1n) is 11.2. The van der Waals surface area contributed by atoms with Crippen molar-refractivity contribution >= 4 is 24.0 Å². The third-order valence-corrected chi connectivity index (χ3v) is 5.73. The maximum Gasteiger partial charge on any atom is 0.407 e. The normalized spacial score (nSPS) is 25.9. The zero-order chi connectivity index (χ0) is 24.0. The van der Waals surface area contributed by atoms with Crippen LogP contribution < -0.4 is 5.32 Å². The maximum absolute atomic E-state index is 13.5. The second-order valence-electron chi connectivity index (χ2n) is 9.38. The molecule has 2 aliphatic rings. The Morgan fingerprint density at radius 2 is 2.06 bits per heavy atom. The summed E-state index contributed by atoms with van der Waals surface area (Å²) in [6.45, 7) is 6.24. The van der Waals surface area contributed by atoms with Gasteiger partial charge in [0.2, 0.25) is 5.91 Å². The molecule has 1 fully saturated rings. The number of allylic oxidation sites excluding steroid dienone is 1. The molecule has 0 saturated carbocycles. The highest BCUT2D eigenvalue weighted by Gasteiger charge is 2.46. The predicted molar refractivity (Wildman–Crippen MR) is 121 cm³/mol. The van der Waals surface area contributed by atoms with E-state index in [1.807, 2.05) is 51.1 Å². The molecule has 1 saturated heterocycles. The lowest BCUT2D eigenvalue weighted by Gasteiger charge is -2.34. The van der Waals surface area contributed by atoms with Crippen LogP contribution in [0.5, 0.6) is 0 Å². The Kier molecular flexibility index (Phi) is 8.07. The SMILES string of the molecule is COC(=O)[C@@H]1C[C@@H]2CN1C(=O)[C@H](C(C)(C)C)NC(=O)OCCC/C=C\c1cccc(n1)CO2. The van der Waals surface area contributed by atoms with Gasteiger partial charge in [0.25, 0.3) is 0 Å². The first-order valence-corrected chi connectivity index (χ1v) is 11.2. The van der Waals surface area contributed by atoms with Gasteiger partial charge < -0.3 is 24.4 Å². The molecule has 1 N–H and O–H groups in total. The van der Waals surface area contributed by atoms with Crippen LogP contribution in [-0.2, 0) is 30.4 Å². The summed E-state index contributed by atoms with van der Waals surface area (Å²) in [7, 11) is 1.29. The second kappa shape index (κ2) is 10.8. The topological polar surface area (TPSA) is 107 Å². The zero-order valence-electron chi connectivity index (χ0n) is 19.7. The Labute approximate surface area is 194 Å². The largest absolute Gasteiger partial charge is 0.467 e. The van der Waals surface area contributed by atoms with Crippen LogP contribution in [0.2, 0.25) is 0 Å². The fourth-order valence-electron chi connectivity index (χ4n) is 3.94. The Hall–Kier alpha value is -2.94. The van der Waals surface area contributed by atoms with E-state index in [0.717, 1.165) is 11.4 Å². The van der Waals surface area contributed by atoms with E-state index >= 15 is 0 Å². The zero-order valence-corrected chi connectivity index (χ0v) is 19.7. The number of rotatable bonds is 1. The highest BCUT2D eigenvalue weighted by Crippen LogP contribution is 2.28. The molecule has 33 heavy (non-hydrogen) atoms. The first-order chi connectivity index (χ1) is 15.7. The molecule has 9 nitrogen and oxygen atoms in total. The van der Waals surface area contributed by atoms with Crippen molar-refractivity contribution in [3.8, 4) is 0 Å². The molecule has 0 spiro atoms. The third kappa shape index (κ3) is 6.54. The Morgan fingerprint density at radius 1 is 1.27 bits per heavy atom. The van der Waals surface area contributed by atoms with E-state index in [1.54, 1.807) is 0 Å². The number of carbonyl (C=O) groups excluding carboxylic acids is 3. The number of cyclic esters (lactones) is 1. The van der Waals surface area contributed by atoms with Gasteiger partial charge in [-0.25, -0.2) is 9.59 Å². The fourth-order valence-corrected chi connectivity index (χ4v) is 3.94. The van der Waals surface area contributed by atoms with Crippen LogP contribution >= 0.6 is 0 Å². The van der Waals surface area contributed by atoms with Gasteiger partial charge in [0.05, 0.1) is 37.8 Å². The number of hydrogen-bond acceptors (Lipinski definition) is 7. The number of ether oxygens (including phenoxy) is 3. The molecule has 1 aromatic rings. The summed E-state index contributed by atoms with van der Waals surface area (Å²) in [5, 5.41) is 2.70. The number of carbonyl (C=O) groups is 3. The van der Waals surface area contributed by atoms with Crippen molar-refractivity contribution in [2.24, 2.45) is 5.41 Å². The van der Waals surface area contributed by atoms with E-state index in [-0.39, 0.29) is 31.8 Å². The van der Waals surface area contributed by atoms with Crippen molar-refractivity contribution < 1.29 is 28.6 Å². The molecular formula is C24H33N3O6. The molecule has 0 aromatic carbocycles. The number of fused-ring (bicyclic) bond motifs is 4. The highest BCUT2D eigenvalue weighted by atomic mass is 16.5. The van der Waals surface area contributed by atoms with Gasteiger partial charge >= 0.3 is 12.1 Å². The molecule has 0 radical (unpaired) electrons. The van der Waals surface area contributed by atoms with Crippen LogP contribution in [0.1, 0.15) is 51.4 Å². The number of pyridine rings is 1.